The maximum Gasteiger partial charge on any atom is 0.261 e. The Hall–Kier alpha value is -2.54. The quantitative estimate of drug-likeness (QED) is 0.445. The molecule has 7 heteroatoms. The molecule has 0 bridgehead atoms. The van der Waals surface area contributed by atoms with Gasteiger partial charge in [0.15, 0.2) is 6.61 Å². The van der Waals surface area contributed by atoms with Gasteiger partial charge in [-0.2, -0.15) is 0 Å². The molecule has 2 aromatic rings. The Morgan fingerprint density at radius 1 is 1.06 bits per heavy atom. The van der Waals surface area contributed by atoms with E-state index in [1.807, 2.05) is 71.0 Å². The average molecular weight is 519 g/mol. The largest absolute Gasteiger partial charge is 0.497 e. The highest BCUT2D eigenvalue weighted by Crippen LogP contribution is 2.26. The zero-order valence-electron chi connectivity index (χ0n) is 20.4. The first kappa shape index (κ1) is 26.7. The second kappa shape index (κ2) is 12.6. The molecule has 0 saturated heterocycles. The fourth-order valence-electron chi connectivity index (χ4n) is 3.55. The van der Waals surface area contributed by atoms with Gasteiger partial charge in [0.25, 0.3) is 5.91 Å². The summed E-state index contributed by atoms with van der Waals surface area (Å²) in [6.45, 7) is 9.97. The van der Waals surface area contributed by atoms with Crippen LogP contribution in [0, 0.1) is 13.8 Å². The summed E-state index contributed by atoms with van der Waals surface area (Å²) in [6, 6.07) is 10.7. The molecule has 6 nitrogen and oxygen atoms in total. The third-order valence-corrected chi connectivity index (χ3v) is 6.90. The molecule has 2 amide bonds. The van der Waals surface area contributed by atoms with E-state index in [0.717, 1.165) is 27.6 Å². The van der Waals surface area contributed by atoms with Crippen LogP contribution in [0.1, 0.15) is 50.3 Å². The van der Waals surface area contributed by atoms with Crippen molar-refractivity contribution in [1.82, 2.24) is 10.2 Å². The SMILES string of the molecule is CC[C@@H](C)NC(=O)[C@@H](CC)N(Cc1cccc(OC)c1)C(=O)COc1cc(C)c(Br)c(C)c1. The standard InChI is InChI=1S/C26H35BrN2O4/c1-7-19(5)28-26(31)23(8-2)29(15-20-10-9-11-21(14-20)32-6)24(30)16-33-22-12-17(3)25(27)18(4)13-22/h9-14,19,23H,7-8,15-16H2,1-6H3,(H,28,31)/t19-,23-/m1/s1. The number of aryl methyl sites for hydroxylation is 2. The summed E-state index contributed by atoms with van der Waals surface area (Å²) in [7, 11) is 1.60. The van der Waals surface area contributed by atoms with E-state index in [9.17, 15) is 9.59 Å². The highest BCUT2D eigenvalue weighted by Gasteiger charge is 2.29. The number of nitrogens with zero attached hydrogens (tertiary/aromatic N) is 1. The molecule has 180 valence electrons. The summed E-state index contributed by atoms with van der Waals surface area (Å²) in [5.74, 6) is 0.926. The molecule has 2 aromatic carbocycles. The molecular weight excluding hydrogens is 484 g/mol. The lowest BCUT2D eigenvalue weighted by Gasteiger charge is -2.31. The number of hydrogen-bond donors (Lipinski definition) is 1. The number of hydrogen-bond acceptors (Lipinski definition) is 4. The average Bonchev–Trinajstić information content (AvgIpc) is 2.80. The number of methoxy groups -OCH3 is 1. The van der Waals surface area contributed by atoms with Crippen LogP contribution in [0.2, 0.25) is 0 Å². The minimum atomic E-state index is -0.602. The first-order valence-electron chi connectivity index (χ1n) is 11.3. The molecule has 0 aliphatic rings. The Kier molecular flexibility index (Phi) is 10.2. The van der Waals surface area contributed by atoms with Gasteiger partial charge in [0.1, 0.15) is 17.5 Å². The van der Waals surface area contributed by atoms with Crippen LogP contribution in [-0.4, -0.2) is 42.5 Å². The monoisotopic (exact) mass is 518 g/mol. The molecule has 0 saturated carbocycles. The van der Waals surface area contributed by atoms with Crippen molar-refractivity contribution in [2.75, 3.05) is 13.7 Å². The number of halogens is 1. The summed E-state index contributed by atoms with van der Waals surface area (Å²) in [6.07, 6.45) is 1.31. The van der Waals surface area contributed by atoms with Crippen LogP contribution in [0.4, 0.5) is 0 Å². The van der Waals surface area contributed by atoms with Crippen molar-refractivity contribution in [3.8, 4) is 11.5 Å². The number of benzene rings is 2. The lowest BCUT2D eigenvalue weighted by molar-refractivity contribution is -0.143. The molecule has 0 aromatic heterocycles. The number of carbonyl (C=O) groups excluding carboxylic acids is 2. The van der Waals surface area contributed by atoms with Crippen molar-refractivity contribution in [2.45, 2.75) is 66.1 Å². The van der Waals surface area contributed by atoms with E-state index in [2.05, 4.69) is 21.2 Å². The first-order valence-corrected chi connectivity index (χ1v) is 12.1. The molecule has 0 heterocycles. The molecule has 2 atom stereocenters. The van der Waals surface area contributed by atoms with Crippen LogP contribution in [0.25, 0.3) is 0 Å². The molecule has 0 aliphatic heterocycles. The molecule has 0 radical (unpaired) electrons. The Morgan fingerprint density at radius 2 is 1.73 bits per heavy atom. The van der Waals surface area contributed by atoms with Crippen molar-refractivity contribution in [1.29, 1.82) is 0 Å². The highest BCUT2D eigenvalue weighted by molar-refractivity contribution is 9.10. The molecular formula is C26H35BrN2O4. The third kappa shape index (κ3) is 7.49. The Labute approximate surface area is 205 Å². The van der Waals surface area contributed by atoms with Gasteiger partial charge in [-0.25, -0.2) is 0 Å². The van der Waals surface area contributed by atoms with Gasteiger partial charge >= 0.3 is 0 Å². The summed E-state index contributed by atoms with van der Waals surface area (Å²) in [5.41, 5.74) is 2.95. The Morgan fingerprint density at radius 3 is 2.30 bits per heavy atom. The Balaban J connectivity index is 2.27. The molecule has 0 unspecified atom stereocenters. The van der Waals surface area contributed by atoms with Gasteiger partial charge in [0, 0.05) is 17.1 Å². The van der Waals surface area contributed by atoms with E-state index in [-0.39, 0.29) is 31.0 Å². The number of carbonyl (C=O) groups is 2. The number of nitrogens with one attached hydrogen (secondary N) is 1. The topological polar surface area (TPSA) is 67.9 Å². The highest BCUT2D eigenvalue weighted by atomic mass is 79.9. The molecule has 0 aliphatic carbocycles. The second-order valence-electron chi connectivity index (χ2n) is 8.27. The molecule has 2 rings (SSSR count). The van der Waals surface area contributed by atoms with Gasteiger partial charge < -0.3 is 19.7 Å². The third-order valence-electron chi connectivity index (χ3n) is 5.65. The molecule has 0 fully saturated rings. The van der Waals surface area contributed by atoms with Crippen LogP contribution < -0.4 is 14.8 Å². The van der Waals surface area contributed by atoms with Crippen LogP contribution in [0.3, 0.4) is 0 Å². The summed E-state index contributed by atoms with van der Waals surface area (Å²) >= 11 is 3.55. The smallest absolute Gasteiger partial charge is 0.261 e. The van der Waals surface area contributed by atoms with E-state index < -0.39 is 6.04 Å². The summed E-state index contributed by atoms with van der Waals surface area (Å²) in [5, 5.41) is 3.02. The number of rotatable bonds is 11. The maximum absolute atomic E-state index is 13.4. The van der Waals surface area contributed by atoms with Crippen molar-refractivity contribution in [3.63, 3.8) is 0 Å². The van der Waals surface area contributed by atoms with Gasteiger partial charge in [0.2, 0.25) is 5.91 Å². The molecule has 0 spiro atoms. The van der Waals surface area contributed by atoms with Crippen molar-refractivity contribution in [3.05, 3.63) is 57.6 Å². The molecule has 1 N–H and O–H groups in total. The van der Waals surface area contributed by atoms with Gasteiger partial charge in [-0.3, -0.25) is 9.59 Å². The predicted octanol–water partition coefficient (Wildman–Crippen LogP) is 5.18. The van der Waals surface area contributed by atoms with Crippen LogP contribution in [0.15, 0.2) is 40.9 Å². The van der Waals surface area contributed by atoms with E-state index >= 15 is 0 Å². The lowest BCUT2D eigenvalue weighted by Crippen LogP contribution is -2.51. The van der Waals surface area contributed by atoms with Gasteiger partial charge in [-0.15, -0.1) is 0 Å². The first-order chi connectivity index (χ1) is 15.7. The van der Waals surface area contributed by atoms with Gasteiger partial charge in [0.05, 0.1) is 7.11 Å². The van der Waals surface area contributed by atoms with Gasteiger partial charge in [-0.05, 0) is 74.6 Å². The fraction of sp³-hybridized carbons (Fsp3) is 0.462. The molecule has 33 heavy (non-hydrogen) atoms. The summed E-state index contributed by atoms with van der Waals surface area (Å²) < 4.78 is 12.2. The van der Waals surface area contributed by atoms with E-state index in [1.54, 1.807) is 12.0 Å². The van der Waals surface area contributed by atoms with Gasteiger partial charge in [-0.1, -0.05) is 41.9 Å². The fourth-order valence-corrected chi connectivity index (χ4v) is 3.77. The second-order valence-corrected chi connectivity index (χ2v) is 9.07. The minimum absolute atomic E-state index is 0.0327. The minimum Gasteiger partial charge on any atom is -0.497 e. The van der Waals surface area contributed by atoms with E-state index in [1.165, 1.54) is 0 Å². The van der Waals surface area contributed by atoms with Crippen molar-refractivity contribution >= 4 is 27.7 Å². The number of amides is 2. The summed E-state index contributed by atoms with van der Waals surface area (Å²) in [4.78, 5) is 28.0. The van der Waals surface area contributed by atoms with Crippen LogP contribution >= 0.6 is 15.9 Å². The van der Waals surface area contributed by atoms with E-state index in [4.69, 9.17) is 9.47 Å². The zero-order valence-corrected chi connectivity index (χ0v) is 22.0. The predicted molar refractivity (Wildman–Crippen MR) is 135 cm³/mol. The zero-order chi connectivity index (χ0) is 24.5. The maximum atomic E-state index is 13.4. The van der Waals surface area contributed by atoms with Crippen molar-refractivity contribution in [2.24, 2.45) is 0 Å². The number of ether oxygens (including phenoxy) is 2. The van der Waals surface area contributed by atoms with E-state index in [0.29, 0.717) is 17.9 Å². The lowest BCUT2D eigenvalue weighted by atomic mass is 10.1. The van der Waals surface area contributed by atoms with Crippen molar-refractivity contribution < 1.29 is 19.1 Å². The van der Waals surface area contributed by atoms with Crippen LogP contribution in [-0.2, 0) is 16.1 Å². The normalized spacial score (nSPS) is 12.6. The van der Waals surface area contributed by atoms with Crippen LogP contribution in [0.5, 0.6) is 11.5 Å². The Bertz CT molecular complexity index is 940.